The Labute approximate surface area is 88.0 Å². The molecule has 5 heteroatoms. The Balaban J connectivity index is 2.54. The monoisotopic (exact) mass is 206 g/mol. The summed E-state index contributed by atoms with van der Waals surface area (Å²) in [5, 5.41) is 4.44. The van der Waals surface area contributed by atoms with Gasteiger partial charge in [0.25, 0.3) is 0 Å². The summed E-state index contributed by atoms with van der Waals surface area (Å²) in [5.41, 5.74) is 4.60. The van der Waals surface area contributed by atoms with Gasteiger partial charge in [0, 0.05) is 18.3 Å². The Bertz CT molecular complexity index is 463. The predicted octanol–water partition coefficient (Wildman–Crippen LogP) is 1.83. The normalized spacial score (nSPS) is 11.2. The van der Waals surface area contributed by atoms with Gasteiger partial charge in [0.15, 0.2) is 11.5 Å². The molecule has 0 saturated carbocycles. The van der Waals surface area contributed by atoms with Crippen molar-refractivity contribution in [3.05, 3.63) is 24.0 Å². The zero-order valence-electron chi connectivity index (χ0n) is 9.06. The van der Waals surface area contributed by atoms with Crippen LogP contribution in [-0.2, 0) is 4.84 Å². The molecule has 15 heavy (non-hydrogen) atoms. The molecule has 0 atom stereocenters. The van der Waals surface area contributed by atoms with Gasteiger partial charge in [0.1, 0.15) is 0 Å². The van der Waals surface area contributed by atoms with E-state index in [9.17, 15) is 0 Å². The van der Waals surface area contributed by atoms with Gasteiger partial charge in [-0.3, -0.25) is 4.84 Å². The quantitative estimate of drug-likeness (QED) is 0.778. The molecule has 0 aliphatic carbocycles. The van der Waals surface area contributed by atoms with E-state index in [0.717, 1.165) is 17.2 Å². The van der Waals surface area contributed by atoms with Crippen LogP contribution in [0.4, 0.5) is 5.82 Å². The third-order valence-corrected chi connectivity index (χ3v) is 2.18. The minimum atomic E-state index is 0.391. The average Bonchev–Trinajstić information content (AvgIpc) is 2.63. The van der Waals surface area contributed by atoms with Crippen LogP contribution in [0.3, 0.4) is 0 Å². The van der Waals surface area contributed by atoms with Crippen molar-refractivity contribution in [2.45, 2.75) is 19.8 Å². The van der Waals surface area contributed by atoms with Crippen molar-refractivity contribution in [3.8, 4) is 0 Å². The third-order valence-electron chi connectivity index (χ3n) is 2.18. The highest BCUT2D eigenvalue weighted by molar-refractivity contribution is 5.47. The molecule has 5 nitrogen and oxygen atoms in total. The lowest BCUT2D eigenvalue weighted by Crippen LogP contribution is -2.04. The Hall–Kier alpha value is -1.62. The number of hydrogen-bond acceptors (Lipinski definition) is 4. The van der Waals surface area contributed by atoms with Crippen molar-refractivity contribution in [1.82, 2.24) is 14.6 Å². The highest BCUT2D eigenvalue weighted by atomic mass is 16.6. The molecule has 0 unspecified atom stereocenters. The molecule has 0 radical (unpaired) electrons. The second-order valence-corrected chi connectivity index (χ2v) is 3.63. The van der Waals surface area contributed by atoms with Crippen molar-refractivity contribution in [2.24, 2.45) is 0 Å². The number of hydrogen-bond donors (Lipinski definition) is 1. The number of anilines is 1. The SMILES string of the molecule is CONc1ccnc2cc(C(C)C)nn12. The van der Waals surface area contributed by atoms with Crippen LogP contribution in [0.25, 0.3) is 5.65 Å². The fraction of sp³-hybridized carbons (Fsp3) is 0.400. The Morgan fingerprint density at radius 3 is 2.93 bits per heavy atom. The van der Waals surface area contributed by atoms with Crippen molar-refractivity contribution in [2.75, 3.05) is 12.6 Å². The first-order chi connectivity index (χ1) is 7.22. The maximum absolute atomic E-state index is 4.87. The molecule has 1 N–H and O–H groups in total. The summed E-state index contributed by atoms with van der Waals surface area (Å²) in [6.07, 6.45) is 1.72. The number of nitrogens with one attached hydrogen (secondary N) is 1. The van der Waals surface area contributed by atoms with E-state index in [4.69, 9.17) is 4.84 Å². The fourth-order valence-corrected chi connectivity index (χ4v) is 1.38. The largest absolute Gasteiger partial charge is 0.278 e. The number of rotatable bonds is 3. The first kappa shape index (κ1) is 9.92. The molecule has 0 spiro atoms. The molecule has 80 valence electrons. The van der Waals surface area contributed by atoms with E-state index in [-0.39, 0.29) is 0 Å². The summed E-state index contributed by atoms with van der Waals surface area (Å²) in [6, 6.07) is 3.79. The first-order valence-electron chi connectivity index (χ1n) is 4.86. The van der Waals surface area contributed by atoms with Gasteiger partial charge in [-0.1, -0.05) is 13.8 Å². The van der Waals surface area contributed by atoms with Crippen LogP contribution in [-0.4, -0.2) is 21.7 Å². The van der Waals surface area contributed by atoms with Crippen LogP contribution in [0, 0.1) is 0 Å². The van der Waals surface area contributed by atoms with Crippen LogP contribution < -0.4 is 5.48 Å². The Kier molecular flexibility index (Phi) is 2.55. The topological polar surface area (TPSA) is 51.5 Å². The van der Waals surface area contributed by atoms with Crippen molar-refractivity contribution in [3.63, 3.8) is 0 Å². The highest BCUT2D eigenvalue weighted by Crippen LogP contribution is 2.16. The van der Waals surface area contributed by atoms with E-state index in [1.54, 1.807) is 17.8 Å². The zero-order valence-corrected chi connectivity index (χ0v) is 9.06. The Morgan fingerprint density at radius 2 is 2.27 bits per heavy atom. The molecule has 2 aromatic heterocycles. The van der Waals surface area contributed by atoms with Gasteiger partial charge in [-0.2, -0.15) is 9.61 Å². The molecule has 2 aromatic rings. The molecule has 0 bridgehead atoms. The van der Waals surface area contributed by atoms with Crippen LogP contribution in [0.1, 0.15) is 25.5 Å². The lowest BCUT2D eigenvalue weighted by Gasteiger charge is -2.04. The maximum Gasteiger partial charge on any atom is 0.157 e. The van der Waals surface area contributed by atoms with Gasteiger partial charge in [-0.25, -0.2) is 10.5 Å². The summed E-state index contributed by atoms with van der Waals surface area (Å²) in [4.78, 5) is 9.10. The maximum atomic E-state index is 4.87. The molecule has 0 fully saturated rings. The smallest absolute Gasteiger partial charge is 0.157 e. The van der Waals surface area contributed by atoms with E-state index < -0.39 is 0 Å². The minimum absolute atomic E-state index is 0.391. The standard InChI is InChI=1S/C10H14N4O/c1-7(2)8-6-10-11-5-4-9(13-15-3)14(10)12-8/h4-7,13H,1-3H3. The number of aromatic nitrogens is 3. The Morgan fingerprint density at radius 1 is 1.47 bits per heavy atom. The summed E-state index contributed by atoms with van der Waals surface area (Å²) < 4.78 is 1.73. The molecule has 0 saturated heterocycles. The molecule has 2 heterocycles. The van der Waals surface area contributed by atoms with Gasteiger partial charge < -0.3 is 0 Å². The lowest BCUT2D eigenvalue weighted by atomic mass is 10.1. The van der Waals surface area contributed by atoms with Crippen molar-refractivity contribution >= 4 is 11.5 Å². The summed E-state index contributed by atoms with van der Waals surface area (Å²) in [6.45, 7) is 4.20. The number of fused-ring (bicyclic) bond motifs is 1. The summed E-state index contributed by atoms with van der Waals surface area (Å²) in [5.74, 6) is 1.16. The highest BCUT2D eigenvalue weighted by Gasteiger charge is 2.08. The van der Waals surface area contributed by atoms with Gasteiger partial charge in [0.05, 0.1) is 12.8 Å². The van der Waals surface area contributed by atoms with Crippen LogP contribution in [0.5, 0.6) is 0 Å². The van der Waals surface area contributed by atoms with E-state index >= 15 is 0 Å². The van der Waals surface area contributed by atoms with Gasteiger partial charge in [-0.05, 0) is 5.92 Å². The fourth-order valence-electron chi connectivity index (χ4n) is 1.38. The van der Waals surface area contributed by atoms with Crippen molar-refractivity contribution in [1.29, 1.82) is 0 Å². The summed E-state index contributed by atoms with van der Waals surface area (Å²) >= 11 is 0. The first-order valence-corrected chi connectivity index (χ1v) is 4.86. The molecule has 0 aliphatic rings. The third kappa shape index (κ3) is 1.78. The zero-order chi connectivity index (χ0) is 10.8. The van der Waals surface area contributed by atoms with Gasteiger partial charge >= 0.3 is 0 Å². The summed E-state index contributed by atoms with van der Waals surface area (Å²) in [7, 11) is 1.57. The van der Waals surface area contributed by atoms with Crippen LogP contribution >= 0.6 is 0 Å². The van der Waals surface area contributed by atoms with E-state index in [2.05, 4.69) is 29.4 Å². The minimum Gasteiger partial charge on any atom is -0.278 e. The van der Waals surface area contributed by atoms with Crippen LogP contribution in [0.2, 0.25) is 0 Å². The number of nitrogens with zero attached hydrogens (tertiary/aromatic N) is 3. The molecule has 0 aromatic carbocycles. The predicted molar refractivity (Wildman–Crippen MR) is 57.7 cm³/mol. The van der Waals surface area contributed by atoms with Crippen molar-refractivity contribution < 1.29 is 4.84 Å². The molecule has 0 amide bonds. The second kappa shape index (κ2) is 3.86. The average molecular weight is 206 g/mol. The molecular weight excluding hydrogens is 192 g/mol. The van der Waals surface area contributed by atoms with Gasteiger partial charge in [0.2, 0.25) is 0 Å². The van der Waals surface area contributed by atoms with Crippen LogP contribution in [0.15, 0.2) is 18.3 Å². The molecule has 2 rings (SSSR count). The molecule has 0 aliphatic heterocycles. The van der Waals surface area contributed by atoms with E-state index in [1.807, 2.05) is 12.1 Å². The van der Waals surface area contributed by atoms with E-state index in [1.165, 1.54) is 0 Å². The molecular formula is C10H14N4O. The van der Waals surface area contributed by atoms with E-state index in [0.29, 0.717) is 5.92 Å². The van der Waals surface area contributed by atoms with Gasteiger partial charge in [-0.15, -0.1) is 0 Å². The second-order valence-electron chi connectivity index (χ2n) is 3.63. The lowest BCUT2D eigenvalue weighted by molar-refractivity contribution is 0.268.